The van der Waals surface area contributed by atoms with Crippen LogP contribution >= 0.6 is 8.58 Å². The zero-order chi connectivity index (χ0) is 10.8. The molecule has 0 N–H and O–H groups in total. The van der Waals surface area contributed by atoms with Crippen molar-refractivity contribution in [3.8, 4) is 0 Å². The zero-order valence-corrected chi connectivity index (χ0v) is 11.0. The van der Waals surface area contributed by atoms with E-state index in [0.717, 1.165) is 6.42 Å². The van der Waals surface area contributed by atoms with Gasteiger partial charge >= 0.3 is 0 Å². The highest BCUT2D eigenvalue weighted by Gasteiger charge is 2.67. The lowest BCUT2D eigenvalue weighted by Gasteiger charge is -2.25. The SMILES string of the molecule is CCCC(CCC)C1(C)CC1(F)PC. The standard InChI is InChI=1S/C12H24FP/c1-5-7-10(8-6-2)11(3)9-12(11,13)14-4/h10,14H,5-9H2,1-4H3. The lowest BCUT2D eigenvalue weighted by Crippen LogP contribution is -2.19. The summed E-state index contributed by atoms with van der Waals surface area (Å²) < 4.78 is 14.2. The Morgan fingerprint density at radius 2 is 1.79 bits per heavy atom. The molecule has 1 fully saturated rings. The maximum absolute atomic E-state index is 14.2. The summed E-state index contributed by atoms with van der Waals surface area (Å²) in [6, 6.07) is 0. The molecule has 0 amide bonds. The second-order valence-corrected chi connectivity index (χ2v) is 6.21. The van der Waals surface area contributed by atoms with E-state index in [1.807, 2.05) is 6.66 Å². The number of rotatable bonds is 6. The van der Waals surface area contributed by atoms with Crippen LogP contribution in [0.3, 0.4) is 0 Å². The number of alkyl halides is 1. The molecule has 1 saturated carbocycles. The molecule has 3 atom stereocenters. The van der Waals surface area contributed by atoms with E-state index < -0.39 is 5.41 Å². The van der Waals surface area contributed by atoms with Crippen LogP contribution in [0.1, 0.15) is 52.9 Å². The first-order valence-corrected chi connectivity index (χ1v) is 7.42. The van der Waals surface area contributed by atoms with E-state index in [0.29, 0.717) is 14.5 Å². The second-order valence-electron chi connectivity index (χ2n) is 4.92. The van der Waals surface area contributed by atoms with Crippen LogP contribution in [0, 0.1) is 11.3 Å². The third-order valence-electron chi connectivity index (χ3n) is 3.96. The molecular formula is C12H24FP. The quantitative estimate of drug-likeness (QED) is 0.572. The minimum Gasteiger partial charge on any atom is -0.239 e. The van der Waals surface area contributed by atoms with Crippen LogP contribution in [-0.4, -0.2) is 12.1 Å². The smallest absolute Gasteiger partial charge is 0.132 e. The van der Waals surface area contributed by atoms with E-state index in [4.69, 9.17) is 0 Å². The van der Waals surface area contributed by atoms with E-state index in [-0.39, 0.29) is 5.41 Å². The Hall–Kier alpha value is 0.360. The van der Waals surface area contributed by atoms with Crippen LogP contribution in [0.2, 0.25) is 0 Å². The summed E-state index contributed by atoms with van der Waals surface area (Å²) in [6.07, 6.45) is 5.63. The molecule has 0 heterocycles. The summed E-state index contributed by atoms with van der Waals surface area (Å²) in [5, 5.41) is -0.804. The third kappa shape index (κ3) is 1.98. The van der Waals surface area contributed by atoms with E-state index in [2.05, 4.69) is 20.8 Å². The monoisotopic (exact) mass is 218 g/mol. The fourth-order valence-electron chi connectivity index (χ4n) is 2.78. The lowest BCUT2D eigenvalue weighted by molar-refractivity contribution is 0.220. The fraction of sp³-hybridized carbons (Fsp3) is 1.00. The highest BCUT2D eigenvalue weighted by atomic mass is 31.1. The van der Waals surface area contributed by atoms with Crippen molar-refractivity contribution in [3.63, 3.8) is 0 Å². The van der Waals surface area contributed by atoms with Crippen molar-refractivity contribution in [2.45, 2.75) is 58.3 Å². The second kappa shape index (κ2) is 4.47. The number of hydrogen-bond acceptors (Lipinski definition) is 0. The van der Waals surface area contributed by atoms with Gasteiger partial charge in [0.05, 0.1) is 0 Å². The molecule has 14 heavy (non-hydrogen) atoms. The molecule has 1 rings (SSSR count). The van der Waals surface area contributed by atoms with Gasteiger partial charge in [0.2, 0.25) is 0 Å². The van der Waals surface area contributed by atoms with Crippen molar-refractivity contribution in [2.24, 2.45) is 11.3 Å². The van der Waals surface area contributed by atoms with Gasteiger partial charge in [0, 0.05) is 5.41 Å². The maximum Gasteiger partial charge on any atom is 0.132 e. The van der Waals surface area contributed by atoms with Crippen LogP contribution in [0.25, 0.3) is 0 Å². The van der Waals surface area contributed by atoms with E-state index in [1.54, 1.807) is 0 Å². The average Bonchev–Trinajstić information content (AvgIpc) is 2.72. The summed E-state index contributed by atoms with van der Waals surface area (Å²) in [5.41, 5.74) is 0.0201. The molecule has 0 aromatic carbocycles. The van der Waals surface area contributed by atoms with Gasteiger partial charge in [-0.3, -0.25) is 0 Å². The van der Waals surface area contributed by atoms with Gasteiger partial charge in [0.25, 0.3) is 0 Å². The van der Waals surface area contributed by atoms with Gasteiger partial charge in [0.1, 0.15) is 5.41 Å². The normalized spacial score (nSPS) is 37.3. The maximum atomic E-state index is 14.2. The van der Waals surface area contributed by atoms with Gasteiger partial charge in [-0.15, -0.1) is 0 Å². The van der Waals surface area contributed by atoms with Gasteiger partial charge in [-0.25, -0.2) is 4.39 Å². The van der Waals surface area contributed by atoms with Gasteiger partial charge in [-0.05, 0) is 19.0 Å². The van der Waals surface area contributed by atoms with E-state index >= 15 is 0 Å². The molecule has 1 aliphatic carbocycles. The highest BCUT2D eigenvalue weighted by molar-refractivity contribution is 7.39. The molecule has 0 aromatic rings. The summed E-state index contributed by atoms with van der Waals surface area (Å²) in [6.45, 7) is 8.60. The summed E-state index contributed by atoms with van der Waals surface area (Å²) in [5.74, 6) is 0.620. The molecule has 0 aromatic heterocycles. The Bertz CT molecular complexity index is 189. The fourth-order valence-corrected chi connectivity index (χ4v) is 4.10. The number of halogens is 1. The molecule has 3 unspecified atom stereocenters. The highest BCUT2D eigenvalue weighted by Crippen LogP contribution is 2.71. The molecule has 1 aliphatic rings. The predicted molar refractivity (Wildman–Crippen MR) is 64.1 cm³/mol. The van der Waals surface area contributed by atoms with Crippen molar-refractivity contribution >= 4 is 8.58 Å². The van der Waals surface area contributed by atoms with Crippen molar-refractivity contribution in [2.75, 3.05) is 6.66 Å². The first-order chi connectivity index (χ1) is 6.54. The minimum absolute atomic E-state index is 0.0201. The molecular weight excluding hydrogens is 194 g/mol. The predicted octanol–water partition coefficient (Wildman–Crippen LogP) is 4.59. The molecule has 84 valence electrons. The van der Waals surface area contributed by atoms with Crippen LogP contribution < -0.4 is 0 Å². The topological polar surface area (TPSA) is 0 Å². The minimum atomic E-state index is -0.804. The zero-order valence-electron chi connectivity index (χ0n) is 9.99. The van der Waals surface area contributed by atoms with Crippen molar-refractivity contribution in [3.05, 3.63) is 0 Å². The summed E-state index contributed by atoms with van der Waals surface area (Å²) in [7, 11) is 0.465. The molecule has 0 nitrogen and oxygen atoms in total. The average molecular weight is 218 g/mol. The van der Waals surface area contributed by atoms with Gasteiger partial charge in [-0.2, -0.15) is 0 Å². The molecule has 2 heteroatoms. The third-order valence-corrected chi connectivity index (χ3v) is 5.50. The Morgan fingerprint density at radius 3 is 2.07 bits per heavy atom. The summed E-state index contributed by atoms with van der Waals surface area (Å²) >= 11 is 0. The molecule has 0 spiro atoms. The first-order valence-electron chi connectivity index (χ1n) is 5.92. The Balaban J connectivity index is 2.61. The van der Waals surface area contributed by atoms with E-state index in [1.165, 1.54) is 25.7 Å². The Kier molecular flexibility index (Phi) is 3.97. The van der Waals surface area contributed by atoms with Crippen molar-refractivity contribution in [1.82, 2.24) is 0 Å². The lowest BCUT2D eigenvalue weighted by atomic mass is 9.83. The van der Waals surface area contributed by atoms with E-state index in [9.17, 15) is 4.39 Å². The molecule has 0 radical (unpaired) electrons. The van der Waals surface area contributed by atoms with Crippen molar-refractivity contribution in [1.29, 1.82) is 0 Å². The number of hydrogen-bond donors (Lipinski definition) is 0. The van der Waals surface area contributed by atoms with Crippen molar-refractivity contribution < 1.29 is 4.39 Å². The van der Waals surface area contributed by atoms with Crippen LogP contribution in [0.5, 0.6) is 0 Å². The molecule has 0 bridgehead atoms. The first kappa shape index (κ1) is 12.4. The molecule has 0 aliphatic heterocycles. The van der Waals surface area contributed by atoms with Gasteiger partial charge in [-0.1, -0.05) is 55.0 Å². The van der Waals surface area contributed by atoms with Crippen LogP contribution in [0.15, 0.2) is 0 Å². The van der Waals surface area contributed by atoms with Crippen LogP contribution in [-0.2, 0) is 0 Å². The van der Waals surface area contributed by atoms with Gasteiger partial charge in [0.15, 0.2) is 0 Å². The van der Waals surface area contributed by atoms with Gasteiger partial charge < -0.3 is 0 Å². The molecule has 0 saturated heterocycles. The largest absolute Gasteiger partial charge is 0.239 e. The van der Waals surface area contributed by atoms with Crippen LogP contribution in [0.4, 0.5) is 4.39 Å². The Labute approximate surface area is 89.8 Å². The Morgan fingerprint density at radius 1 is 1.29 bits per heavy atom. The summed E-state index contributed by atoms with van der Waals surface area (Å²) in [4.78, 5) is 0.